The molecule has 150 valence electrons. The van der Waals surface area contributed by atoms with E-state index in [0.29, 0.717) is 19.6 Å². The molecule has 2 amide bonds. The molecule has 2 aromatic carbocycles. The lowest BCUT2D eigenvalue weighted by atomic mass is 10.1. The zero-order chi connectivity index (χ0) is 20.8. The summed E-state index contributed by atoms with van der Waals surface area (Å²) in [6.07, 6.45) is 3.65. The molecule has 0 bridgehead atoms. The van der Waals surface area contributed by atoms with Gasteiger partial charge in [-0.2, -0.15) is 0 Å². The van der Waals surface area contributed by atoms with Gasteiger partial charge >= 0.3 is 6.03 Å². The smallest absolute Gasteiger partial charge is 0.322 e. The predicted molar refractivity (Wildman–Crippen MR) is 115 cm³/mol. The molecule has 0 atom stereocenters. The van der Waals surface area contributed by atoms with E-state index in [9.17, 15) is 9.18 Å². The molecular weight excluding hydrogens is 365 g/mol. The molecule has 4 nitrogen and oxygen atoms in total. The predicted octanol–water partition coefficient (Wildman–Crippen LogP) is 5.51. The third-order valence-corrected chi connectivity index (χ3v) is 5.00. The molecule has 1 N–H and O–H groups in total. The Morgan fingerprint density at radius 1 is 1.17 bits per heavy atom. The van der Waals surface area contributed by atoms with Crippen molar-refractivity contribution in [3.8, 4) is 0 Å². The molecule has 1 aromatic heterocycles. The van der Waals surface area contributed by atoms with Crippen molar-refractivity contribution >= 4 is 11.7 Å². The molecule has 3 rings (SSSR count). The number of rotatable bonds is 7. The number of aryl methyl sites for hydroxylation is 1. The third kappa shape index (κ3) is 5.13. The van der Waals surface area contributed by atoms with E-state index in [1.165, 1.54) is 12.1 Å². The van der Waals surface area contributed by atoms with Crippen molar-refractivity contribution in [1.82, 2.24) is 9.47 Å². The number of urea groups is 1. The van der Waals surface area contributed by atoms with Crippen molar-refractivity contribution in [1.29, 1.82) is 0 Å². The van der Waals surface area contributed by atoms with Gasteiger partial charge in [-0.05, 0) is 60.9 Å². The van der Waals surface area contributed by atoms with Crippen molar-refractivity contribution in [2.45, 2.75) is 26.9 Å². The summed E-state index contributed by atoms with van der Waals surface area (Å²) in [5.41, 5.74) is 4.82. The second-order valence-corrected chi connectivity index (χ2v) is 7.10. The van der Waals surface area contributed by atoms with Crippen molar-refractivity contribution in [3.63, 3.8) is 0 Å². The lowest BCUT2D eigenvalue weighted by Gasteiger charge is -2.23. The van der Waals surface area contributed by atoms with Crippen LogP contribution in [0.3, 0.4) is 0 Å². The van der Waals surface area contributed by atoms with Gasteiger partial charge in [0, 0.05) is 30.7 Å². The molecule has 0 fully saturated rings. The molecule has 0 radical (unpaired) electrons. The highest BCUT2D eigenvalue weighted by Gasteiger charge is 2.16. The first-order valence-electron chi connectivity index (χ1n) is 9.59. The maximum Gasteiger partial charge on any atom is 0.322 e. The molecule has 0 aliphatic heterocycles. The molecule has 3 aromatic rings. The number of aromatic nitrogens is 1. The SMILES string of the molecule is C=CCN(Cc1cccn1Cc1cccc(F)c1)C(=O)Nc1cccc(C)c1C. The second-order valence-electron chi connectivity index (χ2n) is 7.10. The Kier molecular flexibility index (Phi) is 6.50. The number of nitrogens with zero attached hydrogens (tertiary/aromatic N) is 2. The van der Waals surface area contributed by atoms with E-state index in [-0.39, 0.29) is 11.8 Å². The van der Waals surface area contributed by atoms with Gasteiger partial charge < -0.3 is 14.8 Å². The highest BCUT2D eigenvalue weighted by molar-refractivity contribution is 5.90. The zero-order valence-corrected chi connectivity index (χ0v) is 16.9. The van der Waals surface area contributed by atoms with E-state index < -0.39 is 0 Å². The Morgan fingerprint density at radius 2 is 1.97 bits per heavy atom. The number of anilines is 1. The zero-order valence-electron chi connectivity index (χ0n) is 16.9. The molecule has 0 spiro atoms. The van der Waals surface area contributed by atoms with E-state index in [0.717, 1.165) is 28.1 Å². The Balaban J connectivity index is 1.75. The lowest BCUT2D eigenvalue weighted by Crippen LogP contribution is -2.35. The maximum absolute atomic E-state index is 13.5. The molecule has 1 heterocycles. The summed E-state index contributed by atoms with van der Waals surface area (Å²) in [5, 5.41) is 3.01. The van der Waals surface area contributed by atoms with Crippen LogP contribution in [-0.2, 0) is 13.1 Å². The van der Waals surface area contributed by atoms with Crippen LogP contribution in [0.4, 0.5) is 14.9 Å². The Hall–Kier alpha value is -3.34. The van der Waals surface area contributed by atoms with Crippen LogP contribution in [0.15, 0.2) is 73.4 Å². The van der Waals surface area contributed by atoms with Gasteiger partial charge in [-0.15, -0.1) is 6.58 Å². The number of carbonyl (C=O) groups excluding carboxylic acids is 1. The van der Waals surface area contributed by atoms with Gasteiger partial charge in [0.05, 0.1) is 6.54 Å². The molecule has 29 heavy (non-hydrogen) atoms. The highest BCUT2D eigenvalue weighted by atomic mass is 19.1. The number of carbonyl (C=O) groups is 1. The van der Waals surface area contributed by atoms with Crippen molar-refractivity contribution < 1.29 is 9.18 Å². The average molecular weight is 391 g/mol. The van der Waals surface area contributed by atoms with Gasteiger partial charge in [-0.1, -0.05) is 30.3 Å². The summed E-state index contributed by atoms with van der Waals surface area (Å²) in [6.45, 7) is 9.18. The van der Waals surface area contributed by atoms with Crippen molar-refractivity contribution in [2.24, 2.45) is 0 Å². The normalized spacial score (nSPS) is 10.6. The topological polar surface area (TPSA) is 37.3 Å². The third-order valence-electron chi connectivity index (χ3n) is 5.00. The fraction of sp³-hybridized carbons (Fsp3) is 0.208. The van der Waals surface area contributed by atoms with Gasteiger partial charge in [0.2, 0.25) is 0 Å². The number of hydrogen-bond donors (Lipinski definition) is 1. The quantitative estimate of drug-likeness (QED) is 0.530. The van der Waals surface area contributed by atoms with Gasteiger partial charge in [0.15, 0.2) is 0 Å². The van der Waals surface area contributed by atoms with Crippen LogP contribution in [0.2, 0.25) is 0 Å². The largest absolute Gasteiger partial charge is 0.345 e. The van der Waals surface area contributed by atoms with E-state index in [1.54, 1.807) is 17.0 Å². The summed E-state index contributed by atoms with van der Waals surface area (Å²) >= 11 is 0. The van der Waals surface area contributed by atoms with Crippen LogP contribution in [0.25, 0.3) is 0 Å². The Morgan fingerprint density at radius 3 is 2.72 bits per heavy atom. The van der Waals surface area contributed by atoms with Crippen LogP contribution in [0.5, 0.6) is 0 Å². The Bertz CT molecular complexity index is 1010. The molecular formula is C24H26FN3O. The highest BCUT2D eigenvalue weighted by Crippen LogP contribution is 2.19. The van der Waals surface area contributed by atoms with Crippen LogP contribution in [0.1, 0.15) is 22.4 Å². The fourth-order valence-corrected chi connectivity index (χ4v) is 3.23. The summed E-state index contributed by atoms with van der Waals surface area (Å²) in [4.78, 5) is 14.6. The van der Waals surface area contributed by atoms with Crippen LogP contribution >= 0.6 is 0 Å². The van der Waals surface area contributed by atoms with Gasteiger partial charge in [0.1, 0.15) is 5.82 Å². The standard InChI is InChI=1S/C24H26FN3O/c1-4-13-28(24(29)26-23-12-5-8-18(2)19(23)3)17-22-11-7-14-27(22)16-20-9-6-10-21(25)15-20/h4-12,14-15H,1,13,16-17H2,2-3H3,(H,26,29). The summed E-state index contributed by atoms with van der Waals surface area (Å²) < 4.78 is 15.5. The first kappa shape index (κ1) is 20.4. The monoisotopic (exact) mass is 391 g/mol. The fourth-order valence-electron chi connectivity index (χ4n) is 3.23. The van der Waals surface area contributed by atoms with Gasteiger partial charge in [-0.25, -0.2) is 9.18 Å². The lowest BCUT2D eigenvalue weighted by molar-refractivity contribution is 0.214. The van der Waals surface area contributed by atoms with E-state index in [2.05, 4.69) is 11.9 Å². The van der Waals surface area contributed by atoms with Crippen LogP contribution < -0.4 is 5.32 Å². The van der Waals surface area contributed by atoms with E-state index >= 15 is 0 Å². The molecule has 0 aliphatic rings. The van der Waals surface area contributed by atoms with E-state index in [1.807, 2.05) is 61.0 Å². The second kappa shape index (κ2) is 9.24. The van der Waals surface area contributed by atoms with Crippen LogP contribution in [0, 0.1) is 19.7 Å². The molecule has 0 saturated carbocycles. The Labute approximate surface area is 171 Å². The number of halogens is 1. The van der Waals surface area contributed by atoms with E-state index in [4.69, 9.17) is 0 Å². The first-order chi connectivity index (χ1) is 14.0. The summed E-state index contributed by atoms with van der Waals surface area (Å²) in [6, 6.07) is 16.1. The van der Waals surface area contributed by atoms with Crippen molar-refractivity contribution in [3.05, 3.63) is 102 Å². The van der Waals surface area contributed by atoms with Crippen molar-refractivity contribution in [2.75, 3.05) is 11.9 Å². The van der Waals surface area contributed by atoms with Gasteiger partial charge in [-0.3, -0.25) is 0 Å². The minimum atomic E-state index is -0.252. The average Bonchev–Trinajstić information content (AvgIpc) is 3.12. The first-order valence-corrected chi connectivity index (χ1v) is 9.59. The molecule has 5 heteroatoms. The van der Waals surface area contributed by atoms with Gasteiger partial charge in [0.25, 0.3) is 0 Å². The molecule has 0 saturated heterocycles. The molecule has 0 aliphatic carbocycles. The molecule has 0 unspecified atom stereocenters. The number of amides is 2. The minimum absolute atomic E-state index is 0.183. The summed E-state index contributed by atoms with van der Waals surface area (Å²) in [5.74, 6) is -0.252. The maximum atomic E-state index is 13.5. The number of benzene rings is 2. The number of hydrogen-bond acceptors (Lipinski definition) is 1. The number of nitrogens with one attached hydrogen (secondary N) is 1. The minimum Gasteiger partial charge on any atom is -0.345 e. The summed E-state index contributed by atoms with van der Waals surface area (Å²) in [7, 11) is 0. The van der Waals surface area contributed by atoms with Crippen LogP contribution in [-0.4, -0.2) is 22.0 Å².